The summed E-state index contributed by atoms with van der Waals surface area (Å²) >= 11 is 0. The van der Waals surface area contributed by atoms with Crippen molar-refractivity contribution in [2.45, 2.75) is 51.7 Å². The van der Waals surface area contributed by atoms with Gasteiger partial charge in [0, 0.05) is 12.2 Å². The zero-order chi connectivity index (χ0) is 11.8. The van der Waals surface area contributed by atoms with E-state index in [2.05, 4.69) is 18.9 Å². The van der Waals surface area contributed by atoms with Gasteiger partial charge in [-0.25, -0.2) is 4.68 Å². The first kappa shape index (κ1) is 11.5. The molecule has 0 aromatic carbocycles. The molecule has 1 aliphatic heterocycles. The van der Waals surface area contributed by atoms with Crippen LogP contribution in [0, 0.1) is 6.92 Å². The first-order valence-electron chi connectivity index (χ1n) is 5.99. The quantitative estimate of drug-likeness (QED) is 0.837. The van der Waals surface area contributed by atoms with E-state index in [0.29, 0.717) is 6.04 Å². The van der Waals surface area contributed by atoms with Crippen molar-refractivity contribution in [3.05, 3.63) is 11.8 Å². The number of nitrogens with two attached hydrogens (primary N) is 1. The Balaban J connectivity index is 2.19. The maximum atomic E-state index is 6.02. The number of rotatable bonds is 2. The van der Waals surface area contributed by atoms with Gasteiger partial charge in [0.1, 0.15) is 5.82 Å². The van der Waals surface area contributed by atoms with Gasteiger partial charge in [-0.05, 0) is 33.1 Å². The van der Waals surface area contributed by atoms with Crippen LogP contribution in [0.3, 0.4) is 0 Å². The first-order chi connectivity index (χ1) is 7.56. The first-order valence-corrected chi connectivity index (χ1v) is 5.99. The van der Waals surface area contributed by atoms with E-state index in [1.165, 1.54) is 0 Å². The number of ether oxygens (including phenoxy) is 1. The van der Waals surface area contributed by atoms with E-state index in [1.54, 1.807) is 0 Å². The highest BCUT2D eigenvalue weighted by Crippen LogP contribution is 2.35. The van der Waals surface area contributed by atoms with Crippen LogP contribution >= 0.6 is 0 Å². The molecule has 0 saturated carbocycles. The molecule has 0 bridgehead atoms. The van der Waals surface area contributed by atoms with Crippen molar-refractivity contribution in [2.75, 3.05) is 12.3 Å². The van der Waals surface area contributed by atoms with E-state index in [9.17, 15) is 0 Å². The predicted octanol–water partition coefficient (Wildman–Crippen LogP) is 2.29. The van der Waals surface area contributed by atoms with Crippen LogP contribution in [-0.4, -0.2) is 22.0 Å². The molecule has 90 valence electrons. The van der Waals surface area contributed by atoms with Crippen LogP contribution in [0.1, 0.15) is 44.7 Å². The minimum absolute atomic E-state index is 0.0186. The summed E-state index contributed by atoms with van der Waals surface area (Å²) in [5.74, 6) is 0.797. The average Bonchev–Trinajstić information content (AvgIpc) is 2.60. The summed E-state index contributed by atoms with van der Waals surface area (Å²) in [6, 6.07) is 0.382. The summed E-state index contributed by atoms with van der Waals surface area (Å²) in [6.45, 7) is 7.14. The van der Waals surface area contributed by atoms with Gasteiger partial charge in [-0.1, -0.05) is 6.92 Å². The lowest BCUT2D eigenvalue weighted by molar-refractivity contribution is -0.0851. The summed E-state index contributed by atoms with van der Waals surface area (Å²) in [4.78, 5) is 0. The number of aryl methyl sites for hydroxylation is 1. The van der Waals surface area contributed by atoms with E-state index >= 15 is 0 Å². The smallest absolute Gasteiger partial charge is 0.124 e. The predicted molar refractivity (Wildman–Crippen MR) is 64.3 cm³/mol. The fourth-order valence-corrected chi connectivity index (χ4v) is 2.30. The van der Waals surface area contributed by atoms with Crippen molar-refractivity contribution >= 4 is 5.82 Å². The molecule has 2 rings (SSSR count). The molecule has 2 heterocycles. The van der Waals surface area contributed by atoms with Crippen molar-refractivity contribution in [3.63, 3.8) is 0 Å². The van der Waals surface area contributed by atoms with E-state index in [4.69, 9.17) is 10.5 Å². The van der Waals surface area contributed by atoms with E-state index in [-0.39, 0.29) is 5.60 Å². The number of aromatic nitrogens is 2. The highest BCUT2D eigenvalue weighted by Gasteiger charge is 2.33. The van der Waals surface area contributed by atoms with Gasteiger partial charge in [-0.3, -0.25) is 0 Å². The third kappa shape index (κ3) is 1.94. The maximum absolute atomic E-state index is 6.02. The van der Waals surface area contributed by atoms with Gasteiger partial charge in [0.2, 0.25) is 0 Å². The van der Waals surface area contributed by atoms with Gasteiger partial charge >= 0.3 is 0 Å². The average molecular weight is 223 g/mol. The lowest BCUT2D eigenvalue weighted by Crippen LogP contribution is -2.37. The van der Waals surface area contributed by atoms with Crippen LogP contribution in [0.25, 0.3) is 0 Å². The van der Waals surface area contributed by atoms with Crippen molar-refractivity contribution in [1.82, 2.24) is 9.78 Å². The molecule has 16 heavy (non-hydrogen) atoms. The topological polar surface area (TPSA) is 53.1 Å². The number of hydrogen-bond acceptors (Lipinski definition) is 3. The molecule has 0 amide bonds. The maximum Gasteiger partial charge on any atom is 0.124 e. The fraction of sp³-hybridized carbons (Fsp3) is 0.750. The van der Waals surface area contributed by atoms with E-state index in [1.807, 2.05) is 17.8 Å². The highest BCUT2D eigenvalue weighted by atomic mass is 16.5. The SMILES string of the molecule is CCC1(C)CC(n2ncc(C)c2N)CCO1. The van der Waals surface area contributed by atoms with Gasteiger partial charge < -0.3 is 10.5 Å². The molecule has 1 saturated heterocycles. The molecular weight excluding hydrogens is 202 g/mol. The third-order valence-electron chi connectivity index (χ3n) is 3.69. The van der Waals surface area contributed by atoms with Crippen LogP contribution in [0.15, 0.2) is 6.20 Å². The van der Waals surface area contributed by atoms with E-state index in [0.717, 1.165) is 37.3 Å². The summed E-state index contributed by atoms with van der Waals surface area (Å²) in [7, 11) is 0. The molecule has 0 aliphatic carbocycles. The van der Waals surface area contributed by atoms with Crippen LogP contribution in [0.4, 0.5) is 5.82 Å². The second-order valence-corrected chi connectivity index (χ2v) is 4.96. The summed E-state index contributed by atoms with van der Waals surface area (Å²) in [5, 5.41) is 4.37. The minimum atomic E-state index is -0.0186. The van der Waals surface area contributed by atoms with Crippen molar-refractivity contribution in [3.8, 4) is 0 Å². The van der Waals surface area contributed by atoms with Crippen molar-refractivity contribution in [2.24, 2.45) is 0 Å². The van der Waals surface area contributed by atoms with Crippen LogP contribution in [0.2, 0.25) is 0 Å². The van der Waals surface area contributed by atoms with Crippen molar-refractivity contribution in [1.29, 1.82) is 0 Å². The summed E-state index contributed by atoms with van der Waals surface area (Å²) < 4.78 is 7.80. The lowest BCUT2D eigenvalue weighted by Gasteiger charge is -2.38. The zero-order valence-electron chi connectivity index (χ0n) is 10.4. The molecule has 0 radical (unpaired) electrons. The zero-order valence-corrected chi connectivity index (χ0v) is 10.4. The van der Waals surface area contributed by atoms with Gasteiger partial charge in [0.15, 0.2) is 0 Å². The molecule has 2 N–H and O–H groups in total. The highest BCUT2D eigenvalue weighted by molar-refractivity contribution is 5.37. The Labute approximate surface area is 96.8 Å². The molecule has 4 nitrogen and oxygen atoms in total. The number of hydrogen-bond donors (Lipinski definition) is 1. The Morgan fingerprint density at radius 3 is 3.00 bits per heavy atom. The molecular formula is C12H21N3O. The Morgan fingerprint density at radius 2 is 2.44 bits per heavy atom. The molecule has 0 spiro atoms. The summed E-state index contributed by atoms with van der Waals surface area (Å²) in [5.41, 5.74) is 7.06. The van der Waals surface area contributed by atoms with Gasteiger partial charge in [0.25, 0.3) is 0 Å². The largest absolute Gasteiger partial charge is 0.384 e. The van der Waals surface area contributed by atoms with Crippen LogP contribution in [0.5, 0.6) is 0 Å². The molecule has 1 aromatic rings. The Morgan fingerprint density at radius 1 is 1.69 bits per heavy atom. The second-order valence-electron chi connectivity index (χ2n) is 4.96. The number of nitrogen functional groups attached to an aromatic ring is 1. The fourth-order valence-electron chi connectivity index (χ4n) is 2.30. The molecule has 1 aliphatic rings. The van der Waals surface area contributed by atoms with E-state index < -0.39 is 0 Å². The normalized spacial score (nSPS) is 30.6. The number of nitrogens with zero attached hydrogens (tertiary/aromatic N) is 2. The van der Waals surface area contributed by atoms with Crippen molar-refractivity contribution < 1.29 is 4.74 Å². The third-order valence-corrected chi connectivity index (χ3v) is 3.69. The molecule has 2 atom stereocenters. The Kier molecular flexibility index (Phi) is 2.93. The van der Waals surface area contributed by atoms with Crippen LogP contribution < -0.4 is 5.73 Å². The van der Waals surface area contributed by atoms with Crippen LogP contribution in [-0.2, 0) is 4.74 Å². The standard InChI is InChI=1S/C12H21N3O/c1-4-12(3)7-10(5-6-16-12)15-11(13)9(2)8-14-15/h8,10H,4-7,13H2,1-3H3. The lowest BCUT2D eigenvalue weighted by atomic mass is 9.90. The minimum Gasteiger partial charge on any atom is -0.384 e. The Hall–Kier alpha value is -1.03. The number of anilines is 1. The monoisotopic (exact) mass is 223 g/mol. The molecule has 1 aromatic heterocycles. The van der Waals surface area contributed by atoms with Gasteiger partial charge in [-0.15, -0.1) is 0 Å². The molecule has 4 heteroatoms. The van der Waals surface area contributed by atoms with Gasteiger partial charge in [-0.2, -0.15) is 5.10 Å². The van der Waals surface area contributed by atoms with Gasteiger partial charge in [0.05, 0.1) is 17.8 Å². The second kappa shape index (κ2) is 4.09. The molecule has 2 unspecified atom stereocenters. The summed E-state index contributed by atoms with van der Waals surface area (Å²) in [6.07, 6.45) is 4.87. The molecule has 1 fully saturated rings. The Bertz CT molecular complexity index is 374.